The van der Waals surface area contributed by atoms with Gasteiger partial charge in [-0.1, -0.05) is 23.7 Å². The molecule has 0 amide bonds. The summed E-state index contributed by atoms with van der Waals surface area (Å²) in [5, 5.41) is 14.9. The molecule has 3 aromatic rings. The highest BCUT2D eigenvalue weighted by atomic mass is 35.5. The summed E-state index contributed by atoms with van der Waals surface area (Å²) in [7, 11) is 1.76. The Kier molecular flexibility index (Phi) is 4.85. The fourth-order valence-electron chi connectivity index (χ4n) is 3.08. The van der Waals surface area contributed by atoms with Crippen molar-refractivity contribution in [2.24, 2.45) is 0 Å². The second-order valence-electron chi connectivity index (χ2n) is 5.84. The van der Waals surface area contributed by atoms with Crippen molar-refractivity contribution in [3.8, 4) is 0 Å². The number of fused-ring (bicyclic) bond motifs is 1. The minimum Gasteiger partial charge on any atom is -0.389 e. The highest BCUT2D eigenvalue weighted by Gasteiger charge is 2.25. The third-order valence-electron chi connectivity index (χ3n) is 4.05. The number of likely N-dealkylation sites (N-methyl/N-ethyl adjacent to an activating group) is 1. The van der Waals surface area contributed by atoms with E-state index in [1.807, 2.05) is 29.8 Å². The maximum atomic E-state index is 13.7. The number of rotatable bonds is 5. The average molecular weight is 348 g/mol. The molecule has 0 radical (unpaired) electrons. The smallest absolute Gasteiger partial charge is 0.153 e. The lowest BCUT2D eigenvalue weighted by Crippen LogP contribution is -2.33. The molecule has 0 aliphatic carbocycles. The highest BCUT2D eigenvalue weighted by Crippen LogP contribution is 2.31. The zero-order valence-electron chi connectivity index (χ0n) is 13.5. The number of aliphatic hydroxyl groups is 1. The number of hydrogen-bond donors (Lipinski definition) is 2. The molecular weight excluding hydrogens is 329 g/mol. The van der Waals surface area contributed by atoms with Gasteiger partial charge in [-0.05, 0) is 43.8 Å². The van der Waals surface area contributed by atoms with Crippen LogP contribution in [0.5, 0.6) is 0 Å². The van der Waals surface area contributed by atoms with Crippen molar-refractivity contribution in [3.63, 3.8) is 0 Å². The predicted molar refractivity (Wildman–Crippen MR) is 94.0 cm³/mol. The van der Waals surface area contributed by atoms with Crippen molar-refractivity contribution in [3.05, 3.63) is 64.8 Å². The van der Waals surface area contributed by atoms with Crippen molar-refractivity contribution >= 4 is 22.5 Å². The fraction of sp³-hybridized carbons (Fsp3) is 0.278. The van der Waals surface area contributed by atoms with E-state index in [9.17, 15) is 9.50 Å². The third kappa shape index (κ3) is 3.15. The van der Waals surface area contributed by atoms with E-state index in [0.29, 0.717) is 17.3 Å². The van der Waals surface area contributed by atoms with E-state index >= 15 is 0 Å². The molecule has 0 aliphatic rings. The summed E-state index contributed by atoms with van der Waals surface area (Å²) in [6.45, 7) is 2.24. The maximum absolute atomic E-state index is 13.7. The molecule has 4 nitrogen and oxygen atoms in total. The van der Waals surface area contributed by atoms with E-state index in [0.717, 1.165) is 16.6 Å². The Bertz CT molecular complexity index is 865. The van der Waals surface area contributed by atoms with Gasteiger partial charge < -0.3 is 15.0 Å². The van der Waals surface area contributed by atoms with E-state index < -0.39 is 12.1 Å². The molecule has 0 unspecified atom stereocenters. The number of nitrogens with one attached hydrogen (secondary N) is 1. The summed E-state index contributed by atoms with van der Waals surface area (Å²) >= 11 is 6.35. The van der Waals surface area contributed by atoms with Crippen LogP contribution in [0.25, 0.3) is 10.9 Å². The quantitative estimate of drug-likeness (QED) is 0.696. The van der Waals surface area contributed by atoms with Gasteiger partial charge in [-0.2, -0.15) is 0 Å². The molecule has 0 bridgehead atoms. The van der Waals surface area contributed by atoms with Crippen molar-refractivity contribution in [2.45, 2.75) is 19.1 Å². The number of pyridine rings is 1. The third-order valence-corrected chi connectivity index (χ3v) is 4.31. The van der Waals surface area contributed by atoms with Crippen LogP contribution in [0, 0.1) is 12.7 Å². The van der Waals surface area contributed by atoms with Gasteiger partial charge in [-0.15, -0.1) is 0 Å². The van der Waals surface area contributed by atoms with Crippen LogP contribution in [-0.4, -0.2) is 34.4 Å². The van der Waals surface area contributed by atoms with Crippen molar-refractivity contribution in [1.82, 2.24) is 14.9 Å². The van der Waals surface area contributed by atoms with E-state index in [1.165, 1.54) is 12.1 Å². The lowest BCUT2D eigenvalue weighted by Gasteiger charge is -2.26. The first-order chi connectivity index (χ1) is 11.5. The van der Waals surface area contributed by atoms with Crippen LogP contribution < -0.4 is 5.32 Å². The van der Waals surface area contributed by atoms with Crippen molar-refractivity contribution < 1.29 is 9.50 Å². The minimum atomic E-state index is -0.759. The number of aryl methyl sites for hydroxylation is 1. The normalized spacial score (nSPS) is 14.0. The Morgan fingerprint density at radius 1 is 1.33 bits per heavy atom. The van der Waals surface area contributed by atoms with Gasteiger partial charge in [0, 0.05) is 23.8 Å². The van der Waals surface area contributed by atoms with Crippen LogP contribution in [0.2, 0.25) is 5.15 Å². The first-order valence-electron chi connectivity index (χ1n) is 7.73. The van der Waals surface area contributed by atoms with Crippen molar-refractivity contribution in [2.75, 3.05) is 13.6 Å². The Labute approximate surface area is 144 Å². The van der Waals surface area contributed by atoms with E-state index in [1.54, 1.807) is 19.2 Å². The van der Waals surface area contributed by atoms with Gasteiger partial charge in [0.2, 0.25) is 0 Å². The molecule has 2 heterocycles. The van der Waals surface area contributed by atoms with Gasteiger partial charge in [0.15, 0.2) is 5.15 Å². The summed E-state index contributed by atoms with van der Waals surface area (Å²) in [5.41, 5.74) is 2.22. The Balaban J connectivity index is 2.19. The zero-order valence-corrected chi connectivity index (χ0v) is 14.3. The number of aliphatic hydroxyl groups excluding tert-OH is 1. The van der Waals surface area contributed by atoms with Crippen LogP contribution in [0.4, 0.5) is 4.39 Å². The maximum Gasteiger partial charge on any atom is 0.153 e. The Morgan fingerprint density at radius 2 is 2.12 bits per heavy atom. The average Bonchev–Trinajstić information content (AvgIpc) is 2.91. The summed E-state index contributed by atoms with van der Waals surface area (Å²) < 4.78 is 15.6. The van der Waals surface area contributed by atoms with Gasteiger partial charge in [0.25, 0.3) is 0 Å². The van der Waals surface area contributed by atoms with E-state index in [2.05, 4.69) is 10.3 Å². The summed E-state index contributed by atoms with van der Waals surface area (Å²) in [5.74, 6) is -0.342. The molecule has 1 aromatic carbocycles. The summed E-state index contributed by atoms with van der Waals surface area (Å²) in [6.07, 6.45) is 1.09. The molecule has 0 aliphatic heterocycles. The van der Waals surface area contributed by atoms with Crippen LogP contribution in [0.15, 0.2) is 42.6 Å². The Morgan fingerprint density at radius 3 is 2.83 bits per heavy atom. The SMILES string of the molecule is CNC[C@@H](O)[C@H](c1cccc(F)c1)n1ccc2cc(C)nc(Cl)c21. The molecule has 0 saturated carbocycles. The molecule has 2 aromatic heterocycles. The number of halogens is 2. The number of hydrogen-bond acceptors (Lipinski definition) is 3. The van der Waals surface area contributed by atoms with Gasteiger partial charge in [0.1, 0.15) is 5.82 Å². The number of benzene rings is 1. The van der Waals surface area contributed by atoms with Crippen LogP contribution in [0.3, 0.4) is 0 Å². The molecule has 6 heteroatoms. The minimum absolute atomic E-state index is 0.342. The van der Waals surface area contributed by atoms with Gasteiger partial charge >= 0.3 is 0 Å². The zero-order chi connectivity index (χ0) is 17.3. The fourth-order valence-corrected chi connectivity index (χ4v) is 3.42. The topological polar surface area (TPSA) is 50.1 Å². The second kappa shape index (κ2) is 6.89. The largest absolute Gasteiger partial charge is 0.389 e. The van der Waals surface area contributed by atoms with Crippen molar-refractivity contribution in [1.29, 1.82) is 0 Å². The molecule has 2 atom stereocenters. The molecule has 2 N–H and O–H groups in total. The monoisotopic (exact) mass is 347 g/mol. The lowest BCUT2D eigenvalue weighted by molar-refractivity contribution is 0.132. The van der Waals surface area contributed by atoms with Gasteiger partial charge in [-0.3, -0.25) is 0 Å². The first kappa shape index (κ1) is 16.9. The number of nitrogens with zero attached hydrogens (tertiary/aromatic N) is 2. The molecule has 126 valence electrons. The standard InChI is InChI=1S/C18H19ClFN3O/c1-11-8-13-6-7-23(17(13)18(19)22-11)16(15(24)10-21-2)12-4-3-5-14(20)9-12/h3-9,15-16,21,24H,10H2,1-2H3/t15-,16+/m1/s1. The van der Waals surface area contributed by atoms with Crippen LogP contribution in [-0.2, 0) is 0 Å². The van der Waals surface area contributed by atoms with Gasteiger partial charge in [0.05, 0.1) is 17.7 Å². The molecular formula is C18H19ClFN3O. The lowest BCUT2D eigenvalue weighted by atomic mass is 10.0. The molecule has 0 saturated heterocycles. The first-order valence-corrected chi connectivity index (χ1v) is 8.11. The highest BCUT2D eigenvalue weighted by molar-refractivity contribution is 6.33. The number of aromatic nitrogens is 2. The van der Waals surface area contributed by atoms with E-state index in [4.69, 9.17) is 11.6 Å². The Hall–Kier alpha value is -1.95. The van der Waals surface area contributed by atoms with Gasteiger partial charge in [-0.25, -0.2) is 9.37 Å². The van der Waals surface area contributed by atoms with Crippen LogP contribution >= 0.6 is 11.6 Å². The predicted octanol–water partition coefficient (Wildman–Crippen LogP) is 3.31. The molecule has 0 fully saturated rings. The molecule has 3 rings (SSSR count). The van der Waals surface area contributed by atoms with Crippen LogP contribution in [0.1, 0.15) is 17.3 Å². The second-order valence-corrected chi connectivity index (χ2v) is 6.20. The van der Waals surface area contributed by atoms with E-state index in [-0.39, 0.29) is 5.82 Å². The molecule has 24 heavy (non-hydrogen) atoms. The molecule has 0 spiro atoms. The summed E-state index contributed by atoms with van der Waals surface area (Å²) in [4.78, 5) is 4.31. The summed E-state index contributed by atoms with van der Waals surface area (Å²) in [6, 6.07) is 9.64.